The Kier molecular flexibility index (Phi) is 4.56. The lowest BCUT2D eigenvalue weighted by atomic mass is 10.0. The Balaban J connectivity index is 3.90. The molecule has 2 nitrogen and oxygen atoms in total. The summed E-state index contributed by atoms with van der Waals surface area (Å²) < 4.78 is 0. The minimum atomic E-state index is -0.485. The standard InChI is InChI=1S/C9H16N2/c1-4-6-8-9(10,11-3)7-5-2/h1H,3,5-8,10H2,2H3. The molecule has 0 saturated heterocycles. The Morgan fingerprint density at radius 2 is 2.27 bits per heavy atom. The van der Waals surface area contributed by atoms with Crippen molar-refractivity contribution >= 4 is 6.72 Å². The maximum Gasteiger partial charge on any atom is 0.108 e. The summed E-state index contributed by atoms with van der Waals surface area (Å²) in [4.78, 5) is 3.88. The summed E-state index contributed by atoms with van der Waals surface area (Å²) in [5, 5.41) is 0. The van der Waals surface area contributed by atoms with Gasteiger partial charge in [0.2, 0.25) is 0 Å². The second-order valence-electron chi connectivity index (χ2n) is 2.72. The molecule has 0 radical (unpaired) electrons. The fraction of sp³-hybridized carbons (Fsp3) is 0.667. The van der Waals surface area contributed by atoms with Crippen LogP contribution in [0.25, 0.3) is 0 Å². The third-order valence-electron chi connectivity index (χ3n) is 1.70. The predicted molar refractivity (Wildman–Crippen MR) is 49.4 cm³/mol. The van der Waals surface area contributed by atoms with Gasteiger partial charge in [0, 0.05) is 6.42 Å². The van der Waals surface area contributed by atoms with E-state index in [4.69, 9.17) is 12.2 Å². The number of nitrogens with zero attached hydrogens (tertiary/aromatic N) is 1. The van der Waals surface area contributed by atoms with Gasteiger partial charge >= 0.3 is 0 Å². The van der Waals surface area contributed by atoms with Crippen molar-refractivity contribution in [2.45, 2.75) is 38.3 Å². The van der Waals surface area contributed by atoms with Gasteiger partial charge in [-0.3, -0.25) is 4.99 Å². The molecule has 0 rings (SSSR count). The van der Waals surface area contributed by atoms with E-state index in [1.807, 2.05) is 0 Å². The smallest absolute Gasteiger partial charge is 0.108 e. The molecule has 0 heterocycles. The molecule has 62 valence electrons. The largest absolute Gasteiger partial charge is 0.307 e. The molecule has 2 heteroatoms. The lowest BCUT2D eigenvalue weighted by Crippen LogP contribution is -2.36. The zero-order valence-corrected chi connectivity index (χ0v) is 7.14. The van der Waals surface area contributed by atoms with Crippen LogP contribution in [-0.4, -0.2) is 12.4 Å². The van der Waals surface area contributed by atoms with Crippen LogP contribution in [0.4, 0.5) is 0 Å². The van der Waals surface area contributed by atoms with E-state index in [9.17, 15) is 0 Å². The Morgan fingerprint density at radius 1 is 1.64 bits per heavy atom. The molecule has 1 atom stereocenters. The number of hydrogen-bond acceptors (Lipinski definition) is 2. The highest BCUT2D eigenvalue weighted by Crippen LogP contribution is 2.16. The molecule has 0 aromatic rings. The summed E-state index contributed by atoms with van der Waals surface area (Å²) in [5.41, 5.74) is 5.38. The lowest BCUT2D eigenvalue weighted by molar-refractivity contribution is 0.385. The molecule has 0 saturated carbocycles. The molecule has 0 aliphatic carbocycles. The summed E-state index contributed by atoms with van der Waals surface area (Å²) in [6, 6.07) is 0. The van der Waals surface area contributed by atoms with Gasteiger partial charge in [0.15, 0.2) is 0 Å². The van der Waals surface area contributed by atoms with Gasteiger partial charge in [0.1, 0.15) is 5.66 Å². The van der Waals surface area contributed by atoms with E-state index < -0.39 is 5.66 Å². The quantitative estimate of drug-likeness (QED) is 0.471. The number of nitrogens with two attached hydrogens (primary N) is 1. The first-order valence-electron chi connectivity index (χ1n) is 3.88. The van der Waals surface area contributed by atoms with Crippen LogP contribution in [-0.2, 0) is 0 Å². The monoisotopic (exact) mass is 152 g/mol. The fourth-order valence-electron chi connectivity index (χ4n) is 1.00. The minimum absolute atomic E-state index is 0.485. The van der Waals surface area contributed by atoms with Crippen LogP contribution in [0.5, 0.6) is 0 Å². The predicted octanol–water partition coefficient (Wildman–Crippen LogP) is 1.56. The molecular weight excluding hydrogens is 136 g/mol. The molecule has 0 aromatic heterocycles. The highest BCUT2D eigenvalue weighted by Gasteiger charge is 2.19. The fourth-order valence-corrected chi connectivity index (χ4v) is 1.00. The Labute approximate surface area is 68.9 Å². The molecule has 11 heavy (non-hydrogen) atoms. The van der Waals surface area contributed by atoms with E-state index in [1.54, 1.807) is 0 Å². The molecule has 0 fully saturated rings. The van der Waals surface area contributed by atoms with Gasteiger partial charge in [-0.05, 0) is 19.6 Å². The molecule has 2 N–H and O–H groups in total. The SMILES string of the molecule is C#CCCC(N)(CCC)N=C. The van der Waals surface area contributed by atoms with Gasteiger partial charge in [0.25, 0.3) is 0 Å². The number of aliphatic imine (C=N–C) groups is 1. The van der Waals surface area contributed by atoms with Crippen molar-refractivity contribution in [2.24, 2.45) is 10.7 Å². The van der Waals surface area contributed by atoms with Gasteiger partial charge in [0.05, 0.1) is 0 Å². The summed E-state index contributed by atoms with van der Waals surface area (Å²) >= 11 is 0. The zero-order chi connectivity index (χ0) is 8.74. The van der Waals surface area contributed by atoms with E-state index in [-0.39, 0.29) is 0 Å². The molecular formula is C9H16N2. The number of rotatable bonds is 5. The Bertz CT molecular complexity index is 157. The summed E-state index contributed by atoms with van der Waals surface area (Å²) in [5.74, 6) is 2.55. The average molecular weight is 152 g/mol. The van der Waals surface area contributed by atoms with E-state index in [1.165, 1.54) is 0 Å². The van der Waals surface area contributed by atoms with Gasteiger partial charge in [-0.25, -0.2) is 0 Å². The highest BCUT2D eigenvalue weighted by molar-refractivity contribution is 5.25. The van der Waals surface area contributed by atoms with Gasteiger partial charge in [-0.2, -0.15) is 0 Å². The van der Waals surface area contributed by atoms with E-state index in [2.05, 4.69) is 24.6 Å². The van der Waals surface area contributed by atoms with Gasteiger partial charge in [-0.1, -0.05) is 13.3 Å². The molecule has 1 unspecified atom stereocenters. The van der Waals surface area contributed by atoms with Gasteiger partial charge < -0.3 is 5.73 Å². The van der Waals surface area contributed by atoms with Crippen molar-refractivity contribution in [1.29, 1.82) is 0 Å². The van der Waals surface area contributed by atoms with Crippen molar-refractivity contribution in [3.63, 3.8) is 0 Å². The average Bonchev–Trinajstić information content (AvgIpc) is 2.02. The summed E-state index contributed by atoms with van der Waals surface area (Å²) in [6.45, 7) is 5.53. The van der Waals surface area contributed by atoms with Crippen LogP contribution in [0, 0.1) is 12.3 Å². The highest BCUT2D eigenvalue weighted by atomic mass is 15.0. The van der Waals surface area contributed by atoms with E-state index >= 15 is 0 Å². The van der Waals surface area contributed by atoms with Crippen LogP contribution in [0.3, 0.4) is 0 Å². The summed E-state index contributed by atoms with van der Waals surface area (Å²) in [6.07, 6.45) is 8.41. The first kappa shape index (κ1) is 10.2. The van der Waals surface area contributed by atoms with Gasteiger partial charge in [-0.15, -0.1) is 12.3 Å². The zero-order valence-electron chi connectivity index (χ0n) is 7.14. The van der Waals surface area contributed by atoms with E-state index in [0.29, 0.717) is 6.42 Å². The third kappa shape index (κ3) is 3.79. The van der Waals surface area contributed by atoms with Crippen LogP contribution in [0.15, 0.2) is 4.99 Å². The molecule has 0 spiro atoms. The topological polar surface area (TPSA) is 38.4 Å². The second-order valence-corrected chi connectivity index (χ2v) is 2.72. The second kappa shape index (κ2) is 4.92. The Morgan fingerprint density at radius 3 is 2.64 bits per heavy atom. The summed E-state index contributed by atoms with van der Waals surface area (Å²) in [7, 11) is 0. The van der Waals surface area contributed by atoms with Crippen molar-refractivity contribution in [1.82, 2.24) is 0 Å². The minimum Gasteiger partial charge on any atom is -0.307 e. The Hall–Kier alpha value is -0.810. The van der Waals surface area contributed by atoms with E-state index in [0.717, 1.165) is 19.3 Å². The maximum atomic E-state index is 5.87. The lowest BCUT2D eigenvalue weighted by Gasteiger charge is -2.22. The molecule has 0 bridgehead atoms. The number of terminal acetylenes is 1. The third-order valence-corrected chi connectivity index (χ3v) is 1.70. The van der Waals surface area contributed by atoms with Crippen molar-refractivity contribution < 1.29 is 0 Å². The first-order valence-corrected chi connectivity index (χ1v) is 3.88. The molecule has 0 aromatic carbocycles. The maximum absolute atomic E-state index is 5.87. The number of hydrogen-bond donors (Lipinski definition) is 1. The normalized spacial score (nSPS) is 15.0. The van der Waals surface area contributed by atoms with Crippen LogP contribution >= 0.6 is 0 Å². The first-order chi connectivity index (χ1) is 5.18. The van der Waals surface area contributed by atoms with Crippen LogP contribution < -0.4 is 5.73 Å². The van der Waals surface area contributed by atoms with Crippen molar-refractivity contribution in [3.8, 4) is 12.3 Å². The van der Waals surface area contributed by atoms with Crippen molar-refractivity contribution in [2.75, 3.05) is 0 Å². The van der Waals surface area contributed by atoms with Crippen LogP contribution in [0.1, 0.15) is 32.6 Å². The molecule has 0 aliphatic heterocycles. The molecule has 0 amide bonds. The molecule has 0 aliphatic rings. The van der Waals surface area contributed by atoms with Crippen LogP contribution in [0.2, 0.25) is 0 Å². The van der Waals surface area contributed by atoms with Crippen molar-refractivity contribution in [3.05, 3.63) is 0 Å².